The molecule has 1 aliphatic heterocycles. The van der Waals surface area contributed by atoms with Crippen molar-refractivity contribution >= 4 is 9.84 Å². The van der Waals surface area contributed by atoms with Crippen molar-refractivity contribution in [3.05, 3.63) is 29.8 Å². The van der Waals surface area contributed by atoms with Gasteiger partial charge in [0.15, 0.2) is 9.84 Å². The van der Waals surface area contributed by atoms with Crippen LogP contribution in [0.5, 0.6) is 0 Å². The van der Waals surface area contributed by atoms with E-state index in [0.717, 1.165) is 12.1 Å². The Morgan fingerprint density at radius 2 is 2.21 bits per heavy atom. The van der Waals surface area contributed by atoms with Crippen molar-refractivity contribution < 1.29 is 8.42 Å². The van der Waals surface area contributed by atoms with Gasteiger partial charge in [-0.1, -0.05) is 12.1 Å². The number of hydrogen-bond acceptors (Lipinski definition) is 4. The van der Waals surface area contributed by atoms with Gasteiger partial charge < -0.3 is 5.73 Å². The van der Waals surface area contributed by atoms with Crippen molar-refractivity contribution in [2.45, 2.75) is 37.2 Å². The summed E-state index contributed by atoms with van der Waals surface area (Å²) >= 11 is 0. The van der Waals surface area contributed by atoms with Crippen LogP contribution in [0.2, 0.25) is 0 Å². The Morgan fingerprint density at radius 1 is 1.42 bits per heavy atom. The Morgan fingerprint density at radius 3 is 2.84 bits per heavy atom. The molecule has 0 bridgehead atoms. The van der Waals surface area contributed by atoms with Gasteiger partial charge in [-0.25, -0.2) is 8.42 Å². The smallest absolute Gasteiger partial charge is 0.179 e. The quantitative estimate of drug-likeness (QED) is 0.887. The van der Waals surface area contributed by atoms with Crippen LogP contribution >= 0.6 is 0 Å². The summed E-state index contributed by atoms with van der Waals surface area (Å²) in [5.74, 6) is 0.186. The van der Waals surface area contributed by atoms with Gasteiger partial charge in [-0.15, -0.1) is 0 Å². The molecule has 0 amide bonds. The van der Waals surface area contributed by atoms with Gasteiger partial charge in [0.25, 0.3) is 0 Å². The molecule has 5 heteroatoms. The van der Waals surface area contributed by atoms with E-state index < -0.39 is 9.84 Å². The minimum Gasteiger partial charge on any atom is -0.326 e. The lowest BCUT2D eigenvalue weighted by molar-refractivity contribution is 0.284. The Labute approximate surface area is 115 Å². The second-order valence-corrected chi connectivity index (χ2v) is 7.31. The van der Waals surface area contributed by atoms with E-state index in [0.29, 0.717) is 24.0 Å². The summed E-state index contributed by atoms with van der Waals surface area (Å²) in [6, 6.07) is 7.45. The molecule has 0 spiro atoms. The number of nitrogens with zero attached hydrogens (tertiary/aromatic N) is 1. The molecule has 1 aromatic rings. The van der Waals surface area contributed by atoms with E-state index in [1.54, 1.807) is 18.2 Å². The minimum atomic E-state index is -3.20. The third-order valence-corrected chi connectivity index (χ3v) is 5.52. The zero-order valence-electron chi connectivity index (χ0n) is 11.4. The summed E-state index contributed by atoms with van der Waals surface area (Å²) in [6.07, 6.45) is 2.34. The predicted octanol–water partition coefficient (Wildman–Crippen LogP) is 1.40. The normalized spacial score (nSPS) is 20.8. The Balaban J connectivity index is 2.05. The van der Waals surface area contributed by atoms with Crippen LogP contribution in [0.3, 0.4) is 0 Å². The highest BCUT2D eigenvalue weighted by Crippen LogP contribution is 2.18. The van der Waals surface area contributed by atoms with Crippen molar-refractivity contribution in [1.82, 2.24) is 4.90 Å². The molecule has 1 unspecified atom stereocenters. The van der Waals surface area contributed by atoms with Crippen molar-refractivity contribution in [3.63, 3.8) is 0 Å². The lowest BCUT2D eigenvalue weighted by Crippen LogP contribution is -2.32. The van der Waals surface area contributed by atoms with Crippen LogP contribution in [-0.4, -0.2) is 38.2 Å². The molecule has 106 valence electrons. The Hall–Kier alpha value is -0.910. The third kappa shape index (κ3) is 3.55. The summed E-state index contributed by atoms with van der Waals surface area (Å²) < 4.78 is 24.6. The number of sulfone groups is 1. The van der Waals surface area contributed by atoms with E-state index in [4.69, 9.17) is 5.73 Å². The zero-order valence-corrected chi connectivity index (χ0v) is 12.2. The fraction of sp³-hybridized carbons (Fsp3) is 0.571. The van der Waals surface area contributed by atoms with Gasteiger partial charge >= 0.3 is 0 Å². The van der Waals surface area contributed by atoms with Crippen LogP contribution in [-0.2, 0) is 16.4 Å². The monoisotopic (exact) mass is 282 g/mol. The minimum absolute atomic E-state index is 0.186. The third-order valence-electron chi connectivity index (χ3n) is 3.83. The molecular formula is C14H22N2O2S. The van der Waals surface area contributed by atoms with Gasteiger partial charge in [-0.2, -0.15) is 0 Å². The molecule has 4 nitrogen and oxygen atoms in total. The fourth-order valence-corrected chi connectivity index (χ4v) is 3.87. The predicted molar refractivity (Wildman–Crippen MR) is 76.7 cm³/mol. The van der Waals surface area contributed by atoms with E-state index in [2.05, 4.69) is 11.8 Å². The molecule has 1 aliphatic rings. The average molecular weight is 282 g/mol. The van der Waals surface area contributed by atoms with Crippen molar-refractivity contribution in [1.29, 1.82) is 0 Å². The number of hydrogen-bond donors (Lipinski definition) is 1. The van der Waals surface area contributed by atoms with E-state index in [1.165, 1.54) is 12.8 Å². The number of likely N-dealkylation sites (tertiary alicyclic amines) is 1. The summed E-state index contributed by atoms with van der Waals surface area (Å²) in [6.45, 7) is 4.16. The molecule has 1 saturated heterocycles. The van der Waals surface area contributed by atoms with Gasteiger partial charge in [0.2, 0.25) is 0 Å². The van der Waals surface area contributed by atoms with Gasteiger partial charge in [0, 0.05) is 19.1 Å². The second kappa shape index (κ2) is 6.03. The maximum atomic E-state index is 12.3. The summed E-state index contributed by atoms with van der Waals surface area (Å²) in [5.41, 5.74) is 6.41. The molecule has 0 aliphatic carbocycles. The molecule has 1 aromatic carbocycles. The first-order valence-electron chi connectivity index (χ1n) is 6.79. The van der Waals surface area contributed by atoms with E-state index in [1.807, 2.05) is 6.07 Å². The van der Waals surface area contributed by atoms with Crippen LogP contribution in [0.4, 0.5) is 0 Å². The first-order valence-corrected chi connectivity index (χ1v) is 8.44. The highest BCUT2D eigenvalue weighted by molar-refractivity contribution is 7.91. The summed E-state index contributed by atoms with van der Waals surface area (Å²) in [5, 5.41) is 0. The summed E-state index contributed by atoms with van der Waals surface area (Å²) in [4.78, 5) is 2.65. The molecule has 2 rings (SSSR count). The standard InChI is InChI=1S/C14H22N2O2S/c1-12-4-3-7-16(12)8-9-19(17,18)14-6-2-5-13(10-14)11-15/h2,5-6,10,12H,3-4,7-9,11,15H2,1H3. The molecular weight excluding hydrogens is 260 g/mol. The van der Waals surface area contributed by atoms with Crippen molar-refractivity contribution in [3.8, 4) is 0 Å². The molecule has 1 atom stereocenters. The lowest BCUT2D eigenvalue weighted by Gasteiger charge is -2.20. The Bertz CT molecular complexity index is 528. The van der Waals surface area contributed by atoms with Crippen LogP contribution in [0, 0.1) is 0 Å². The van der Waals surface area contributed by atoms with Crippen LogP contribution in [0.15, 0.2) is 29.2 Å². The lowest BCUT2D eigenvalue weighted by atomic mass is 10.2. The summed E-state index contributed by atoms with van der Waals surface area (Å²) in [7, 11) is -3.20. The second-order valence-electron chi connectivity index (χ2n) is 5.20. The fourth-order valence-electron chi connectivity index (χ4n) is 2.55. The van der Waals surface area contributed by atoms with Crippen LogP contribution < -0.4 is 5.73 Å². The molecule has 0 aromatic heterocycles. The molecule has 0 saturated carbocycles. The molecule has 19 heavy (non-hydrogen) atoms. The Kier molecular flexibility index (Phi) is 4.60. The number of rotatable bonds is 5. The first kappa shape index (κ1) is 14.5. The number of benzene rings is 1. The average Bonchev–Trinajstić information content (AvgIpc) is 2.82. The highest BCUT2D eigenvalue weighted by Gasteiger charge is 2.23. The first-order chi connectivity index (χ1) is 9.03. The molecule has 1 fully saturated rings. The van der Waals surface area contributed by atoms with E-state index >= 15 is 0 Å². The molecule has 2 N–H and O–H groups in total. The van der Waals surface area contributed by atoms with Crippen LogP contribution in [0.1, 0.15) is 25.3 Å². The highest BCUT2D eigenvalue weighted by atomic mass is 32.2. The maximum absolute atomic E-state index is 12.3. The van der Waals surface area contributed by atoms with Gasteiger partial charge in [-0.05, 0) is 44.0 Å². The van der Waals surface area contributed by atoms with Gasteiger partial charge in [0.05, 0.1) is 10.6 Å². The maximum Gasteiger partial charge on any atom is 0.179 e. The van der Waals surface area contributed by atoms with Crippen LogP contribution in [0.25, 0.3) is 0 Å². The van der Waals surface area contributed by atoms with Crippen molar-refractivity contribution in [2.24, 2.45) is 5.73 Å². The largest absolute Gasteiger partial charge is 0.326 e. The topological polar surface area (TPSA) is 63.4 Å². The zero-order chi connectivity index (χ0) is 13.9. The van der Waals surface area contributed by atoms with E-state index in [9.17, 15) is 8.42 Å². The molecule has 1 heterocycles. The van der Waals surface area contributed by atoms with Gasteiger partial charge in [0.1, 0.15) is 0 Å². The van der Waals surface area contributed by atoms with E-state index in [-0.39, 0.29) is 5.75 Å². The number of nitrogens with two attached hydrogens (primary N) is 1. The SMILES string of the molecule is CC1CCCN1CCS(=O)(=O)c1cccc(CN)c1. The van der Waals surface area contributed by atoms with Crippen molar-refractivity contribution in [2.75, 3.05) is 18.8 Å². The van der Waals surface area contributed by atoms with Gasteiger partial charge in [-0.3, -0.25) is 4.90 Å². The molecule has 0 radical (unpaired) electrons.